The van der Waals surface area contributed by atoms with Crippen molar-refractivity contribution in [1.82, 2.24) is 9.55 Å². The van der Waals surface area contributed by atoms with Gasteiger partial charge in [0.25, 0.3) is 5.56 Å². The van der Waals surface area contributed by atoms with E-state index in [1.807, 2.05) is 0 Å². The Kier molecular flexibility index (Phi) is 3.62. The summed E-state index contributed by atoms with van der Waals surface area (Å²) in [6.45, 7) is -0.864. The topological polar surface area (TPSA) is 125 Å². The predicted molar refractivity (Wildman–Crippen MR) is 58.9 cm³/mol. The van der Waals surface area contributed by atoms with Gasteiger partial charge in [-0.2, -0.15) is 0 Å². The average Bonchev–Trinajstić information content (AvgIpc) is 2.70. The van der Waals surface area contributed by atoms with Crippen molar-refractivity contribution in [1.29, 1.82) is 0 Å². The number of aromatic amines is 1. The molecule has 8 nitrogen and oxygen atoms in total. The number of nitrogens with zero attached hydrogens (tertiary/aromatic N) is 1. The fraction of sp³-hybridized carbons (Fsp3) is 0.600. The molecule has 2 rings (SSSR count). The molecule has 2 heterocycles. The van der Waals surface area contributed by atoms with Crippen LogP contribution in [0.4, 0.5) is 0 Å². The molecule has 2 unspecified atom stereocenters. The molecule has 0 aliphatic carbocycles. The molecule has 18 heavy (non-hydrogen) atoms. The number of hydrogen-bond donors (Lipinski definition) is 4. The molecule has 0 saturated carbocycles. The second-order valence-electron chi connectivity index (χ2n) is 4.09. The Morgan fingerprint density at radius 2 is 2.17 bits per heavy atom. The number of aliphatic hydroxyl groups is 3. The molecule has 0 radical (unpaired) electrons. The van der Waals surface area contributed by atoms with E-state index >= 15 is 0 Å². The highest BCUT2D eigenvalue weighted by Gasteiger charge is 2.35. The normalized spacial score (nSPS) is 27.6. The SMILES string of the molecule is O=c1[nH]c(=O)n(C2C[C@H](O)C(CO)O2)cc1CO. The zero-order valence-electron chi connectivity index (χ0n) is 9.44. The Balaban J connectivity index is 2.35. The molecule has 100 valence electrons. The van der Waals surface area contributed by atoms with Gasteiger partial charge in [-0.25, -0.2) is 4.79 Å². The molecule has 0 spiro atoms. The van der Waals surface area contributed by atoms with E-state index in [1.54, 1.807) is 0 Å². The van der Waals surface area contributed by atoms with Crippen LogP contribution in [0.1, 0.15) is 18.2 Å². The zero-order valence-corrected chi connectivity index (χ0v) is 9.44. The third-order valence-corrected chi connectivity index (χ3v) is 2.91. The van der Waals surface area contributed by atoms with E-state index in [-0.39, 0.29) is 18.6 Å². The van der Waals surface area contributed by atoms with Gasteiger partial charge in [0.05, 0.1) is 24.9 Å². The van der Waals surface area contributed by atoms with Crippen LogP contribution in [0.2, 0.25) is 0 Å². The molecular formula is C10H14N2O6. The summed E-state index contributed by atoms with van der Waals surface area (Å²) < 4.78 is 6.38. The zero-order chi connectivity index (χ0) is 13.3. The molecule has 1 aromatic heterocycles. The van der Waals surface area contributed by atoms with Crippen molar-refractivity contribution in [2.45, 2.75) is 31.5 Å². The molecule has 0 aromatic carbocycles. The minimum atomic E-state index is -0.878. The van der Waals surface area contributed by atoms with E-state index in [1.165, 1.54) is 6.20 Å². The summed E-state index contributed by atoms with van der Waals surface area (Å²) in [6.07, 6.45) is -1.09. The molecule has 8 heteroatoms. The molecule has 4 N–H and O–H groups in total. The Morgan fingerprint density at radius 1 is 1.44 bits per heavy atom. The van der Waals surface area contributed by atoms with Crippen LogP contribution < -0.4 is 11.2 Å². The van der Waals surface area contributed by atoms with Gasteiger partial charge < -0.3 is 20.1 Å². The number of ether oxygens (including phenoxy) is 1. The first-order chi connectivity index (χ1) is 8.56. The van der Waals surface area contributed by atoms with Gasteiger partial charge in [-0.15, -0.1) is 0 Å². The molecule has 0 bridgehead atoms. The summed E-state index contributed by atoms with van der Waals surface area (Å²) in [6, 6.07) is 0. The quantitative estimate of drug-likeness (QED) is 0.482. The number of H-pyrrole nitrogens is 1. The summed E-state index contributed by atoms with van der Waals surface area (Å²) in [7, 11) is 0. The Labute approximate surface area is 101 Å². The lowest BCUT2D eigenvalue weighted by Crippen LogP contribution is -2.34. The molecule has 1 aliphatic rings. The molecule has 1 fully saturated rings. The molecular weight excluding hydrogens is 244 g/mol. The number of rotatable bonds is 3. The molecule has 3 atom stereocenters. The lowest BCUT2D eigenvalue weighted by molar-refractivity contribution is -0.0460. The smallest absolute Gasteiger partial charge is 0.330 e. The van der Waals surface area contributed by atoms with E-state index in [0.717, 1.165) is 4.57 Å². The van der Waals surface area contributed by atoms with Gasteiger partial charge in [-0.1, -0.05) is 0 Å². The lowest BCUT2D eigenvalue weighted by Gasteiger charge is -2.14. The molecule has 1 aliphatic heterocycles. The number of aliphatic hydroxyl groups excluding tert-OH is 3. The number of aromatic nitrogens is 2. The first-order valence-corrected chi connectivity index (χ1v) is 5.46. The first kappa shape index (κ1) is 13.0. The summed E-state index contributed by atoms with van der Waals surface area (Å²) >= 11 is 0. The number of hydrogen-bond acceptors (Lipinski definition) is 6. The standard InChI is InChI=1S/C10H14N2O6/c13-3-5-2-12(10(17)11-9(5)16)8-1-6(15)7(4-14)18-8/h2,6-8,13-15H,1,3-4H2,(H,11,16,17)/t6-,7?,8?/m0/s1. The van der Waals surface area contributed by atoms with Crippen LogP contribution in [0.15, 0.2) is 15.8 Å². The fourth-order valence-electron chi connectivity index (χ4n) is 1.90. The van der Waals surface area contributed by atoms with E-state index in [4.69, 9.17) is 14.9 Å². The van der Waals surface area contributed by atoms with Crippen molar-refractivity contribution in [3.8, 4) is 0 Å². The van der Waals surface area contributed by atoms with Crippen LogP contribution in [-0.4, -0.2) is 43.7 Å². The van der Waals surface area contributed by atoms with Crippen molar-refractivity contribution < 1.29 is 20.1 Å². The van der Waals surface area contributed by atoms with Gasteiger partial charge in [0.1, 0.15) is 12.3 Å². The predicted octanol–water partition coefficient (Wildman–Crippen LogP) is -2.33. The lowest BCUT2D eigenvalue weighted by atomic mass is 10.2. The summed E-state index contributed by atoms with van der Waals surface area (Å²) in [4.78, 5) is 24.9. The van der Waals surface area contributed by atoms with E-state index in [0.29, 0.717) is 0 Å². The van der Waals surface area contributed by atoms with Gasteiger partial charge in [-0.05, 0) is 0 Å². The third kappa shape index (κ3) is 2.23. The highest BCUT2D eigenvalue weighted by atomic mass is 16.5. The molecule has 1 aromatic rings. The van der Waals surface area contributed by atoms with E-state index in [9.17, 15) is 14.7 Å². The van der Waals surface area contributed by atoms with Crippen LogP contribution >= 0.6 is 0 Å². The summed E-state index contributed by atoms with van der Waals surface area (Å²) in [5.41, 5.74) is -1.32. The van der Waals surface area contributed by atoms with Gasteiger partial charge in [0, 0.05) is 12.6 Å². The van der Waals surface area contributed by atoms with Crippen LogP contribution in [0.25, 0.3) is 0 Å². The average molecular weight is 258 g/mol. The summed E-state index contributed by atoms with van der Waals surface area (Å²) in [5, 5.41) is 27.5. The number of nitrogens with one attached hydrogen (secondary N) is 1. The third-order valence-electron chi connectivity index (χ3n) is 2.91. The first-order valence-electron chi connectivity index (χ1n) is 5.46. The van der Waals surface area contributed by atoms with Crippen LogP contribution in [0, 0.1) is 0 Å². The largest absolute Gasteiger partial charge is 0.394 e. The van der Waals surface area contributed by atoms with Gasteiger partial charge >= 0.3 is 5.69 Å². The van der Waals surface area contributed by atoms with Gasteiger partial charge in [0.2, 0.25) is 0 Å². The van der Waals surface area contributed by atoms with Crippen LogP contribution in [0.3, 0.4) is 0 Å². The van der Waals surface area contributed by atoms with Crippen molar-refractivity contribution >= 4 is 0 Å². The Bertz CT molecular complexity index is 536. The highest BCUT2D eigenvalue weighted by Crippen LogP contribution is 2.27. The Morgan fingerprint density at radius 3 is 2.72 bits per heavy atom. The monoisotopic (exact) mass is 258 g/mol. The summed E-state index contributed by atoms with van der Waals surface area (Å²) in [5.74, 6) is 0. The molecule has 0 amide bonds. The maximum atomic E-state index is 11.6. The van der Waals surface area contributed by atoms with Crippen molar-refractivity contribution in [3.05, 3.63) is 32.6 Å². The fourth-order valence-corrected chi connectivity index (χ4v) is 1.90. The van der Waals surface area contributed by atoms with Crippen molar-refractivity contribution in [2.75, 3.05) is 6.61 Å². The van der Waals surface area contributed by atoms with Crippen LogP contribution in [-0.2, 0) is 11.3 Å². The maximum absolute atomic E-state index is 11.6. The Hall–Kier alpha value is -1.48. The second-order valence-corrected chi connectivity index (χ2v) is 4.09. The minimum absolute atomic E-state index is 0.0279. The minimum Gasteiger partial charge on any atom is -0.394 e. The second kappa shape index (κ2) is 5.02. The van der Waals surface area contributed by atoms with Gasteiger partial charge in [-0.3, -0.25) is 14.3 Å². The van der Waals surface area contributed by atoms with E-state index in [2.05, 4.69) is 4.98 Å². The van der Waals surface area contributed by atoms with Crippen molar-refractivity contribution in [3.63, 3.8) is 0 Å². The highest BCUT2D eigenvalue weighted by molar-refractivity contribution is 5.03. The van der Waals surface area contributed by atoms with Crippen molar-refractivity contribution in [2.24, 2.45) is 0 Å². The van der Waals surface area contributed by atoms with Gasteiger partial charge in [0.15, 0.2) is 0 Å². The maximum Gasteiger partial charge on any atom is 0.330 e. The van der Waals surface area contributed by atoms with Crippen LogP contribution in [0.5, 0.6) is 0 Å². The van der Waals surface area contributed by atoms with E-state index < -0.39 is 36.3 Å². The molecule has 1 saturated heterocycles.